The Hall–Kier alpha value is -3.76. The van der Waals surface area contributed by atoms with Crippen molar-refractivity contribution in [1.29, 1.82) is 0 Å². The Balaban J connectivity index is 0.000000476. The van der Waals surface area contributed by atoms with E-state index in [1.165, 1.54) is 68.3 Å². The summed E-state index contributed by atoms with van der Waals surface area (Å²) >= 11 is 0. The molecule has 3 rings (SSSR count). The number of hydrogen-bond acceptors (Lipinski definition) is 6. The average Bonchev–Trinajstić information content (AvgIpc) is 2.89. The van der Waals surface area contributed by atoms with E-state index in [2.05, 4.69) is 66.9 Å². The predicted molar refractivity (Wildman–Crippen MR) is 132 cm³/mol. The van der Waals surface area contributed by atoms with E-state index in [0.29, 0.717) is 5.92 Å². The molecule has 1 fully saturated rings. The van der Waals surface area contributed by atoms with Crippen molar-refractivity contribution in [3.8, 4) is 0 Å². The van der Waals surface area contributed by atoms with Crippen LogP contribution in [0, 0.1) is 0 Å². The van der Waals surface area contributed by atoms with Gasteiger partial charge >= 0.3 is 11.9 Å². The summed E-state index contributed by atoms with van der Waals surface area (Å²) in [4.78, 5) is 37.9. The molecular weight excluding hydrogens is 480 g/mol. The fourth-order valence-electron chi connectivity index (χ4n) is 4.18. The van der Waals surface area contributed by atoms with E-state index in [0.717, 1.165) is 6.42 Å². The number of fused-ring (bicyclic) bond motifs is 1. The Morgan fingerprint density at radius 2 is 1.51 bits per heavy atom. The van der Waals surface area contributed by atoms with Crippen molar-refractivity contribution in [3.05, 3.63) is 60.2 Å². The van der Waals surface area contributed by atoms with Crippen LogP contribution in [0.25, 0.3) is 10.8 Å². The molecular formula is C27H36N2O8. The van der Waals surface area contributed by atoms with Gasteiger partial charge in [0.2, 0.25) is 0 Å². The lowest BCUT2D eigenvalue weighted by molar-refractivity contribution is -0.917. The van der Waals surface area contributed by atoms with Crippen molar-refractivity contribution in [3.63, 3.8) is 0 Å². The molecule has 0 aromatic heterocycles. The summed E-state index contributed by atoms with van der Waals surface area (Å²) < 4.78 is 0. The number of carboxylic acid groups (broad SMARTS) is 4. The smallest absolute Gasteiger partial charge is 0.351 e. The van der Waals surface area contributed by atoms with Gasteiger partial charge in [0.15, 0.2) is 11.9 Å². The summed E-state index contributed by atoms with van der Waals surface area (Å²) in [5.41, 5.74) is 1.51. The molecule has 1 atom stereocenters. The van der Waals surface area contributed by atoms with Crippen LogP contribution < -0.4 is 20.4 Å². The van der Waals surface area contributed by atoms with E-state index in [1.807, 2.05) is 4.90 Å². The van der Waals surface area contributed by atoms with Crippen LogP contribution in [0.1, 0.15) is 44.1 Å². The van der Waals surface area contributed by atoms with Crippen LogP contribution in [-0.2, 0) is 19.2 Å². The molecule has 5 N–H and O–H groups in total. The van der Waals surface area contributed by atoms with Crippen LogP contribution in [0.2, 0.25) is 0 Å². The lowest BCUT2D eigenvalue weighted by atomic mass is 9.90. The minimum absolute atomic E-state index is 0.596. The molecule has 0 spiro atoms. The van der Waals surface area contributed by atoms with E-state index < -0.39 is 23.9 Å². The zero-order chi connectivity index (χ0) is 27.6. The molecule has 1 aliphatic heterocycles. The van der Waals surface area contributed by atoms with Gasteiger partial charge in [-0.3, -0.25) is 0 Å². The largest absolute Gasteiger partial charge is 0.539 e. The Morgan fingerprint density at radius 3 is 2.08 bits per heavy atom. The van der Waals surface area contributed by atoms with Gasteiger partial charge in [-0.1, -0.05) is 54.6 Å². The summed E-state index contributed by atoms with van der Waals surface area (Å²) in [6.45, 7) is 8.67. The van der Waals surface area contributed by atoms with Crippen LogP contribution >= 0.6 is 0 Å². The summed E-state index contributed by atoms with van der Waals surface area (Å²) in [5.74, 6) is -7.42. The quantitative estimate of drug-likeness (QED) is 0.180. The van der Waals surface area contributed by atoms with Gasteiger partial charge in [0.25, 0.3) is 0 Å². The van der Waals surface area contributed by atoms with E-state index in [1.54, 1.807) is 0 Å². The fraction of sp³-hybridized carbons (Fsp3) is 0.407. The highest BCUT2D eigenvalue weighted by Gasteiger charge is 2.17. The average molecular weight is 517 g/mol. The Kier molecular flexibility index (Phi) is 14.9. The molecule has 37 heavy (non-hydrogen) atoms. The van der Waals surface area contributed by atoms with Gasteiger partial charge in [-0.05, 0) is 48.9 Å². The number of hydrogen-bond donors (Lipinski definition) is 4. The highest BCUT2D eigenvalue weighted by atomic mass is 16.4. The number of carbonyl (C=O) groups excluding carboxylic acids is 2. The Morgan fingerprint density at radius 1 is 0.946 bits per heavy atom. The van der Waals surface area contributed by atoms with Crippen molar-refractivity contribution >= 4 is 34.6 Å². The lowest BCUT2D eigenvalue weighted by Gasteiger charge is -2.23. The number of piperidine rings is 1. The molecule has 0 amide bonds. The molecule has 1 heterocycles. The van der Waals surface area contributed by atoms with Crippen molar-refractivity contribution in [1.82, 2.24) is 0 Å². The third-order valence-corrected chi connectivity index (χ3v) is 5.98. The molecule has 1 unspecified atom stereocenters. The number of aliphatic carboxylic acids is 4. The highest BCUT2D eigenvalue weighted by Crippen LogP contribution is 2.27. The topological polar surface area (TPSA) is 176 Å². The van der Waals surface area contributed by atoms with E-state index in [-0.39, 0.29) is 0 Å². The molecule has 1 saturated heterocycles. The Labute approximate surface area is 216 Å². The van der Waals surface area contributed by atoms with Gasteiger partial charge in [-0.25, -0.2) is 9.59 Å². The maximum atomic E-state index is 9.04. The minimum atomic E-state index is -2.07. The summed E-state index contributed by atoms with van der Waals surface area (Å²) in [7, 11) is 0. The summed E-state index contributed by atoms with van der Waals surface area (Å²) in [6.07, 6.45) is 9.95. The molecule has 2 aromatic carbocycles. The SMILES string of the molecule is C/C=C/CC(C[NH2+]CC[NH+]1CCCCC1)c1cccc2ccccc12.O=C([O-])C(=O)O.O=C([O-])C(=O)O. The van der Waals surface area contributed by atoms with Gasteiger partial charge in [0.05, 0.1) is 19.6 Å². The number of rotatable bonds is 8. The van der Waals surface area contributed by atoms with Crippen LogP contribution in [0.4, 0.5) is 0 Å². The molecule has 2 aromatic rings. The molecule has 0 saturated carbocycles. The second kappa shape index (κ2) is 17.6. The lowest BCUT2D eigenvalue weighted by Crippen LogP contribution is -3.15. The number of carboxylic acids is 4. The van der Waals surface area contributed by atoms with Gasteiger partial charge < -0.3 is 40.2 Å². The van der Waals surface area contributed by atoms with Gasteiger partial charge in [-0.2, -0.15) is 0 Å². The summed E-state index contributed by atoms with van der Waals surface area (Å²) in [5, 5.41) is 38.0. The molecule has 10 heteroatoms. The number of benzene rings is 2. The maximum Gasteiger partial charge on any atom is 0.351 e. The first-order chi connectivity index (χ1) is 17.7. The molecule has 0 aliphatic carbocycles. The molecule has 0 radical (unpaired) electrons. The fourth-order valence-corrected chi connectivity index (χ4v) is 4.18. The highest BCUT2D eigenvalue weighted by molar-refractivity contribution is 6.26. The standard InChI is InChI=1S/C23H32N2.2C2H2O4/c1-2-3-10-21(19-24-15-18-25-16-7-4-8-17-25)23-14-9-12-20-11-5-6-13-22(20)23;2*3-1(4)2(5)6/h2-3,5-6,9,11-14,21,24H,4,7-8,10,15-19H2,1H3;2*(H,3,4)(H,5,6)/b3-2+;;. The first kappa shape index (κ1) is 31.3. The normalized spacial score (nSPS) is 14.1. The molecule has 10 nitrogen and oxygen atoms in total. The van der Waals surface area contributed by atoms with Gasteiger partial charge in [0, 0.05) is 5.92 Å². The van der Waals surface area contributed by atoms with Gasteiger partial charge in [0.1, 0.15) is 13.1 Å². The second-order valence-corrected chi connectivity index (χ2v) is 8.63. The second-order valence-electron chi connectivity index (χ2n) is 8.63. The third-order valence-electron chi connectivity index (χ3n) is 5.98. The minimum Gasteiger partial charge on any atom is -0.539 e. The number of carbonyl (C=O) groups is 4. The molecule has 1 aliphatic rings. The van der Waals surface area contributed by atoms with Crippen LogP contribution in [0.5, 0.6) is 0 Å². The number of quaternary nitrogens is 2. The first-order valence-corrected chi connectivity index (χ1v) is 12.3. The molecule has 0 bridgehead atoms. The number of nitrogens with one attached hydrogen (secondary N) is 1. The maximum absolute atomic E-state index is 9.04. The predicted octanol–water partition coefficient (Wildman–Crippen LogP) is -1.84. The van der Waals surface area contributed by atoms with Crippen molar-refractivity contribution < 1.29 is 49.8 Å². The summed E-state index contributed by atoms with van der Waals surface area (Å²) in [6, 6.07) is 15.6. The zero-order valence-electron chi connectivity index (χ0n) is 21.1. The van der Waals surface area contributed by atoms with Crippen LogP contribution in [-0.4, -0.2) is 66.8 Å². The van der Waals surface area contributed by atoms with Crippen molar-refractivity contribution in [2.45, 2.75) is 38.5 Å². The zero-order valence-corrected chi connectivity index (χ0v) is 21.1. The first-order valence-electron chi connectivity index (χ1n) is 12.3. The van der Waals surface area contributed by atoms with Crippen molar-refractivity contribution in [2.75, 3.05) is 32.7 Å². The monoisotopic (exact) mass is 516 g/mol. The molecule has 202 valence electrons. The van der Waals surface area contributed by atoms with E-state index in [4.69, 9.17) is 39.6 Å². The number of likely N-dealkylation sites (tertiary alicyclic amines) is 1. The Bertz CT molecular complexity index is 994. The number of nitrogens with two attached hydrogens (primary N) is 1. The third kappa shape index (κ3) is 12.7. The number of allylic oxidation sites excluding steroid dienone is 2. The van der Waals surface area contributed by atoms with Crippen molar-refractivity contribution in [2.24, 2.45) is 0 Å². The van der Waals surface area contributed by atoms with E-state index in [9.17, 15) is 0 Å². The van der Waals surface area contributed by atoms with Crippen LogP contribution in [0.15, 0.2) is 54.6 Å². The van der Waals surface area contributed by atoms with E-state index >= 15 is 0 Å². The van der Waals surface area contributed by atoms with Crippen LogP contribution in [0.3, 0.4) is 0 Å². The van der Waals surface area contributed by atoms with Gasteiger partial charge in [-0.15, -0.1) is 0 Å².